The molecule has 0 fully saturated rings. The molecule has 5 rings (SSSR count). The number of nitrogens with zero attached hydrogens (tertiary/aromatic N) is 6. The van der Waals surface area contributed by atoms with Crippen molar-refractivity contribution in [2.75, 3.05) is 0 Å². The minimum atomic E-state index is 0.549. The molecule has 5 aromatic rings. The lowest BCUT2D eigenvalue weighted by atomic mass is 10.1. The Bertz CT molecular complexity index is 1190. The Hall–Kier alpha value is -3.02. The second-order valence-corrected chi connectivity index (χ2v) is 10.4. The fourth-order valence-corrected chi connectivity index (χ4v) is 5.65. The lowest BCUT2D eigenvalue weighted by Gasteiger charge is -1.94. The van der Waals surface area contributed by atoms with Gasteiger partial charge in [0.25, 0.3) is 0 Å². The number of aromatic nitrogens is 6. The Kier molecular flexibility index (Phi) is 7.09. The first-order chi connectivity index (χ1) is 16.3. The van der Waals surface area contributed by atoms with E-state index in [2.05, 4.69) is 30.5 Å². The minimum Gasteiger partial charge on any atom is -0.338 e. The summed E-state index contributed by atoms with van der Waals surface area (Å²) in [6.45, 7) is 0. The number of hydrogen-bond acceptors (Lipinski definition) is 11. The molecule has 2 aromatic carbocycles. The zero-order valence-electron chi connectivity index (χ0n) is 17.3. The molecular formula is C22H18N6O2S3. The van der Waals surface area contributed by atoms with Gasteiger partial charge in [-0.1, -0.05) is 106 Å². The van der Waals surface area contributed by atoms with E-state index in [1.807, 2.05) is 60.7 Å². The van der Waals surface area contributed by atoms with Crippen molar-refractivity contribution < 1.29 is 9.05 Å². The monoisotopic (exact) mass is 494 g/mol. The quantitative estimate of drug-likeness (QED) is 0.244. The fraction of sp³-hybridized carbons (Fsp3) is 0.182. The molecule has 0 bridgehead atoms. The highest BCUT2D eigenvalue weighted by atomic mass is 32.2. The summed E-state index contributed by atoms with van der Waals surface area (Å²) in [6.07, 6.45) is 1.30. The standard InChI is InChI=1S/C22H18N6O2S3/c1-3-7-15(8-4-1)11-17-23-19(29-27-17)13-31-21-25-26-22(33-21)32-14-20-24-18(28-30-20)12-16-9-5-2-6-10-16/h1-10H,11-14H2. The molecule has 0 aliphatic rings. The molecule has 0 unspecified atom stereocenters. The third-order valence-electron chi connectivity index (χ3n) is 4.46. The molecule has 33 heavy (non-hydrogen) atoms. The zero-order valence-corrected chi connectivity index (χ0v) is 19.8. The Morgan fingerprint density at radius 3 is 1.55 bits per heavy atom. The molecular weight excluding hydrogens is 476 g/mol. The van der Waals surface area contributed by atoms with Crippen LogP contribution in [0.3, 0.4) is 0 Å². The van der Waals surface area contributed by atoms with Crippen molar-refractivity contribution in [1.82, 2.24) is 30.5 Å². The van der Waals surface area contributed by atoms with Gasteiger partial charge in [-0.2, -0.15) is 9.97 Å². The molecule has 0 atom stereocenters. The number of thioether (sulfide) groups is 2. The number of rotatable bonds is 10. The highest BCUT2D eigenvalue weighted by Gasteiger charge is 2.13. The van der Waals surface area contributed by atoms with E-state index >= 15 is 0 Å². The van der Waals surface area contributed by atoms with Crippen LogP contribution in [-0.2, 0) is 24.3 Å². The van der Waals surface area contributed by atoms with Crippen LogP contribution >= 0.6 is 34.9 Å². The van der Waals surface area contributed by atoms with E-state index in [-0.39, 0.29) is 0 Å². The van der Waals surface area contributed by atoms with E-state index in [4.69, 9.17) is 9.05 Å². The van der Waals surface area contributed by atoms with Gasteiger partial charge in [-0.25, -0.2) is 0 Å². The van der Waals surface area contributed by atoms with Crippen LogP contribution in [0.5, 0.6) is 0 Å². The average Bonchev–Trinajstić information content (AvgIpc) is 3.59. The lowest BCUT2D eigenvalue weighted by Crippen LogP contribution is -1.90. The zero-order chi connectivity index (χ0) is 22.3. The molecule has 0 amide bonds. The van der Waals surface area contributed by atoms with E-state index in [9.17, 15) is 0 Å². The summed E-state index contributed by atoms with van der Waals surface area (Å²) >= 11 is 4.56. The minimum absolute atomic E-state index is 0.549. The highest BCUT2D eigenvalue weighted by molar-refractivity contribution is 8.02. The van der Waals surface area contributed by atoms with Crippen molar-refractivity contribution in [3.63, 3.8) is 0 Å². The first-order valence-electron chi connectivity index (χ1n) is 10.1. The van der Waals surface area contributed by atoms with Gasteiger partial charge in [0.05, 0.1) is 11.5 Å². The van der Waals surface area contributed by atoms with Crippen LogP contribution in [-0.4, -0.2) is 30.5 Å². The molecule has 0 aliphatic carbocycles. The molecule has 0 saturated heterocycles. The number of hydrogen-bond donors (Lipinski definition) is 0. The van der Waals surface area contributed by atoms with Gasteiger partial charge in [0.15, 0.2) is 20.3 Å². The maximum atomic E-state index is 5.36. The smallest absolute Gasteiger partial charge is 0.237 e. The highest BCUT2D eigenvalue weighted by Crippen LogP contribution is 2.31. The summed E-state index contributed by atoms with van der Waals surface area (Å²) < 4.78 is 12.4. The molecule has 166 valence electrons. The summed E-state index contributed by atoms with van der Waals surface area (Å²) in [5, 5.41) is 16.6. The van der Waals surface area contributed by atoms with Crippen molar-refractivity contribution >= 4 is 34.9 Å². The summed E-state index contributed by atoms with van der Waals surface area (Å²) in [7, 11) is 0. The summed E-state index contributed by atoms with van der Waals surface area (Å²) in [6, 6.07) is 20.2. The van der Waals surface area contributed by atoms with Gasteiger partial charge < -0.3 is 9.05 Å². The summed E-state index contributed by atoms with van der Waals surface area (Å²) in [5.74, 6) is 3.61. The largest absolute Gasteiger partial charge is 0.338 e. The number of benzene rings is 2. The van der Waals surface area contributed by atoms with Crippen molar-refractivity contribution in [3.05, 3.63) is 95.2 Å². The van der Waals surface area contributed by atoms with Gasteiger partial charge in [0.1, 0.15) is 0 Å². The van der Waals surface area contributed by atoms with Gasteiger partial charge in [-0.15, -0.1) is 10.2 Å². The summed E-state index contributed by atoms with van der Waals surface area (Å²) in [4.78, 5) is 8.92. The van der Waals surface area contributed by atoms with Gasteiger partial charge in [0, 0.05) is 12.8 Å². The topological polar surface area (TPSA) is 104 Å². The van der Waals surface area contributed by atoms with Crippen LogP contribution in [0.2, 0.25) is 0 Å². The molecule has 8 nitrogen and oxygen atoms in total. The predicted octanol–water partition coefficient (Wildman–Crippen LogP) is 5.07. The Labute approximate surface area is 202 Å². The SMILES string of the molecule is c1ccc(Cc2noc(CSc3nnc(SCc4nc(Cc5ccccc5)no4)s3)n2)cc1. The van der Waals surface area contributed by atoms with Crippen LogP contribution < -0.4 is 0 Å². The molecule has 11 heteroatoms. The van der Waals surface area contributed by atoms with Crippen LogP contribution in [0.1, 0.15) is 34.6 Å². The molecule has 3 aromatic heterocycles. The normalized spacial score (nSPS) is 11.2. The third-order valence-corrected chi connectivity index (χ3v) is 7.62. The Balaban J connectivity index is 1.09. The third kappa shape index (κ3) is 6.28. The van der Waals surface area contributed by atoms with Crippen molar-refractivity contribution in [2.24, 2.45) is 0 Å². The fourth-order valence-electron chi connectivity index (χ4n) is 2.96. The maximum Gasteiger partial charge on any atom is 0.237 e. The Morgan fingerprint density at radius 2 is 1.09 bits per heavy atom. The van der Waals surface area contributed by atoms with Gasteiger partial charge in [-0.05, 0) is 11.1 Å². The Morgan fingerprint density at radius 1 is 0.636 bits per heavy atom. The van der Waals surface area contributed by atoms with Gasteiger partial charge in [-0.3, -0.25) is 0 Å². The van der Waals surface area contributed by atoms with E-state index in [0.29, 0.717) is 47.8 Å². The van der Waals surface area contributed by atoms with E-state index in [1.165, 1.54) is 34.9 Å². The molecule has 0 radical (unpaired) electrons. The lowest BCUT2D eigenvalue weighted by molar-refractivity contribution is 0.385. The average molecular weight is 495 g/mol. The molecule has 0 N–H and O–H groups in total. The molecule has 3 heterocycles. The first-order valence-corrected chi connectivity index (χ1v) is 12.9. The van der Waals surface area contributed by atoms with Crippen molar-refractivity contribution in [3.8, 4) is 0 Å². The van der Waals surface area contributed by atoms with Gasteiger partial charge in [0.2, 0.25) is 11.8 Å². The predicted molar refractivity (Wildman–Crippen MR) is 126 cm³/mol. The summed E-state index contributed by atoms with van der Waals surface area (Å²) in [5.41, 5.74) is 2.30. The van der Waals surface area contributed by atoms with Crippen LogP contribution in [0, 0.1) is 0 Å². The second kappa shape index (κ2) is 10.7. The van der Waals surface area contributed by atoms with E-state index in [0.717, 1.165) is 19.8 Å². The van der Waals surface area contributed by atoms with Crippen molar-refractivity contribution in [2.45, 2.75) is 33.0 Å². The van der Waals surface area contributed by atoms with Crippen LogP contribution in [0.4, 0.5) is 0 Å². The van der Waals surface area contributed by atoms with E-state index < -0.39 is 0 Å². The van der Waals surface area contributed by atoms with Crippen LogP contribution in [0.15, 0.2) is 78.4 Å². The van der Waals surface area contributed by atoms with Gasteiger partial charge >= 0.3 is 0 Å². The first kappa shape index (κ1) is 21.8. The molecule has 0 aliphatic heterocycles. The molecule has 0 saturated carbocycles. The second-order valence-electron chi connectivity index (χ2n) is 6.94. The van der Waals surface area contributed by atoms with Crippen molar-refractivity contribution in [1.29, 1.82) is 0 Å². The maximum absolute atomic E-state index is 5.36. The van der Waals surface area contributed by atoms with E-state index in [1.54, 1.807) is 0 Å². The van der Waals surface area contributed by atoms with Crippen LogP contribution in [0.25, 0.3) is 0 Å². The molecule has 0 spiro atoms.